The first-order valence-corrected chi connectivity index (χ1v) is 14.3. The largest absolute Gasteiger partial charge is 0.480 e. The van der Waals surface area contributed by atoms with Crippen LogP contribution in [0.5, 0.6) is 0 Å². The molecular formula is C28H44N8O7. The maximum Gasteiger partial charge on any atom is 0.326 e. The topological polar surface area (TPSA) is 256 Å². The standard InChI is InChI=1S/C28H44N8O7/c1-16(2)22(27(42)43)35-24(39)20(14-17-8-4-3-5-9-17)34-23(38)19(10-6-12-32-28(30)31)33-25(40)21-11-7-13-36(21)26(41)18(29)15-37/h3-5,8-9,16,18-22,37H,6-7,10-15,29H2,1-2H3,(H,33,40)(H,34,38)(H,35,39)(H,42,43)(H4,30,31,32)/t18-,19-,20-,21-,22-/m0/s1. The Bertz CT molecular complexity index is 1140. The number of hydrogen-bond donors (Lipinski definition) is 8. The van der Waals surface area contributed by atoms with Crippen molar-refractivity contribution >= 4 is 35.6 Å². The number of hydrogen-bond acceptors (Lipinski definition) is 8. The van der Waals surface area contributed by atoms with Crippen LogP contribution in [0, 0.1) is 5.92 Å². The molecule has 0 unspecified atom stereocenters. The van der Waals surface area contributed by atoms with E-state index in [2.05, 4.69) is 20.9 Å². The Morgan fingerprint density at radius 1 is 1.02 bits per heavy atom. The van der Waals surface area contributed by atoms with Gasteiger partial charge in [0.1, 0.15) is 30.2 Å². The first-order valence-electron chi connectivity index (χ1n) is 14.3. The number of aliphatic imine (C=N–C) groups is 1. The summed E-state index contributed by atoms with van der Waals surface area (Å²) in [6.07, 6.45) is 1.31. The van der Waals surface area contributed by atoms with Gasteiger partial charge in [-0.1, -0.05) is 44.2 Å². The average molecular weight is 605 g/mol. The molecule has 238 valence electrons. The summed E-state index contributed by atoms with van der Waals surface area (Å²) in [7, 11) is 0. The molecule has 0 bridgehead atoms. The van der Waals surface area contributed by atoms with Gasteiger partial charge >= 0.3 is 5.97 Å². The monoisotopic (exact) mass is 604 g/mol. The zero-order valence-corrected chi connectivity index (χ0v) is 24.6. The molecule has 0 aromatic heterocycles. The second-order valence-corrected chi connectivity index (χ2v) is 10.8. The van der Waals surface area contributed by atoms with Crippen LogP contribution in [0.3, 0.4) is 0 Å². The first-order chi connectivity index (χ1) is 20.3. The second kappa shape index (κ2) is 17.0. The third kappa shape index (κ3) is 10.8. The molecule has 0 spiro atoms. The molecule has 1 aliphatic heterocycles. The SMILES string of the molecule is CC(C)[C@H](NC(=O)[C@H](Cc1ccccc1)NC(=O)[C@H](CCCN=C(N)N)NC(=O)[C@@H]1CCCN1C(=O)[C@@H](N)CO)C(=O)O. The summed E-state index contributed by atoms with van der Waals surface area (Å²) in [6.45, 7) is 3.16. The summed E-state index contributed by atoms with van der Waals surface area (Å²) >= 11 is 0. The number of carbonyl (C=O) groups is 5. The molecule has 0 saturated carbocycles. The van der Waals surface area contributed by atoms with Crippen molar-refractivity contribution in [2.75, 3.05) is 19.7 Å². The van der Waals surface area contributed by atoms with Crippen LogP contribution in [-0.2, 0) is 30.4 Å². The molecule has 0 aliphatic carbocycles. The van der Waals surface area contributed by atoms with Crippen LogP contribution in [0.15, 0.2) is 35.3 Å². The van der Waals surface area contributed by atoms with Crippen molar-refractivity contribution in [2.45, 2.75) is 76.2 Å². The highest BCUT2D eigenvalue weighted by Gasteiger charge is 2.38. The minimum absolute atomic E-state index is 0.0570. The van der Waals surface area contributed by atoms with Gasteiger partial charge in [0, 0.05) is 19.5 Å². The lowest BCUT2D eigenvalue weighted by Crippen LogP contribution is -2.59. The zero-order valence-electron chi connectivity index (χ0n) is 24.6. The number of benzene rings is 1. The van der Waals surface area contributed by atoms with Gasteiger partial charge < -0.3 is 48.3 Å². The Morgan fingerprint density at radius 3 is 2.26 bits per heavy atom. The van der Waals surface area contributed by atoms with Crippen LogP contribution >= 0.6 is 0 Å². The lowest BCUT2D eigenvalue weighted by atomic mass is 10.0. The third-order valence-electron chi connectivity index (χ3n) is 7.08. The highest BCUT2D eigenvalue weighted by molar-refractivity contribution is 5.95. The highest BCUT2D eigenvalue weighted by Crippen LogP contribution is 2.19. The molecular weight excluding hydrogens is 560 g/mol. The Balaban J connectivity index is 2.29. The number of amides is 4. The van der Waals surface area contributed by atoms with Gasteiger partial charge in [-0.2, -0.15) is 0 Å². The molecule has 1 aliphatic rings. The van der Waals surface area contributed by atoms with Gasteiger partial charge in [0.2, 0.25) is 23.6 Å². The molecule has 15 heteroatoms. The Hall–Kier alpha value is -4.24. The van der Waals surface area contributed by atoms with Gasteiger partial charge in [-0.3, -0.25) is 24.2 Å². The highest BCUT2D eigenvalue weighted by atomic mass is 16.4. The fraction of sp³-hybridized carbons (Fsp3) is 0.571. The number of nitrogens with zero attached hydrogens (tertiary/aromatic N) is 2. The van der Waals surface area contributed by atoms with E-state index in [0.29, 0.717) is 24.8 Å². The van der Waals surface area contributed by atoms with Crippen LogP contribution < -0.4 is 33.2 Å². The number of aliphatic hydroxyl groups is 1. The van der Waals surface area contributed by atoms with Crippen LogP contribution in [0.2, 0.25) is 0 Å². The molecule has 1 aromatic carbocycles. The zero-order chi connectivity index (χ0) is 32.1. The molecule has 1 heterocycles. The first kappa shape index (κ1) is 35.0. The molecule has 4 amide bonds. The maximum atomic E-state index is 13.6. The normalized spacial score (nSPS) is 17.3. The number of guanidine groups is 1. The van der Waals surface area contributed by atoms with E-state index in [9.17, 15) is 34.2 Å². The van der Waals surface area contributed by atoms with Crippen molar-refractivity contribution in [3.8, 4) is 0 Å². The van der Waals surface area contributed by atoms with Gasteiger partial charge in [0.25, 0.3) is 0 Å². The van der Waals surface area contributed by atoms with Crippen molar-refractivity contribution in [1.82, 2.24) is 20.9 Å². The van der Waals surface area contributed by atoms with Gasteiger partial charge in [-0.25, -0.2) is 4.79 Å². The lowest BCUT2D eigenvalue weighted by molar-refractivity contribution is -0.143. The van der Waals surface area contributed by atoms with Gasteiger partial charge in [-0.15, -0.1) is 0 Å². The fourth-order valence-electron chi connectivity index (χ4n) is 4.73. The average Bonchev–Trinajstić information content (AvgIpc) is 3.46. The number of nitrogens with one attached hydrogen (secondary N) is 3. The predicted octanol–water partition coefficient (Wildman–Crippen LogP) is -2.21. The number of carboxylic acids is 1. The number of carboxylic acid groups (broad SMARTS) is 1. The molecule has 43 heavy (non-hydrogen) atoms. The molecule has 11 N–H and O–H groups in total. The van der Waals surface area contributed by atoms with Crippen LogP contribution in [-0.4, -0.2) is 101 Å². The molecule has 1 fully saturated rings. The number of likely N-dealkylation sites (tertiary alicyclic amines) is 1. The summed E-state index contributed by atoms with van der Waals surface area (Å²) in [5, 5.41) is 26.7. The third-order valence-corrected chi connectivity index (χ3v) is 7.08. The number of carbonyl (C=O) groups excluding carboxylic acids is 4. The molecule has 0 radical (unpaired) electrons. The second-order valence-electron chi connectivity index (χ2n) is 10.8. The molecule has 15 nitrogen and oxygen atoms in total. The van der Waals surface area contributed by atoms with Crippen LogP contribution in [0.1, 0.15) is 45.1 Å². The predicted molar refractivity (Wildman–Crippen MR) is 158 cm³/mol. The van der Waals surface area contributed by atoms with E-state index < -0.39 is 72.3 Å². The van der Waals surface area contributed by atoms with Gasteiger partial charge in [-0.05, 0) is 37.2 Å². The summed E-state index contributed by atoms with van der Waals surface area (Å²) in [5.74, 6) is -4.33. The summed E-state index contributed by atoms with van der Waals surface area (Å²) in [4.78, 5) is 69.8. The van der Waals surface area contributed by atoms with E-state index in [1.54, 1.807) is 44.2 Å². The Kier molecular flexibility index (Phi) is 13.8. The smallest absolute Gasteiger partial charge is 0.326 e. The van der Waals surface area contributed by atoms with Gasteiger partial charge in [0.05, 0.1) is 6.61 Å². The van der Waals surface area contributed by atoms with Crippen molar-refractivity contribution in [1.29, 1.82) is 0 Å². The van der Waals surface area contributed by atoms with E-state index in [4.69, 9.17) is 17.2 Å². The molecule has 2 rings (SSSR count). The van der Waals surface area contributed by atoms with Crippen LogP contribution in [0.25, 0.3) is 0 Å². The fourth-order valence-corrected chi connectivity index (χ4v) is 4.73. The number of aliphatic hydroxyl groups excluding tert-OH is 1. The lowest BCUT2D eigenvalue weighted by Gasteiger charge is -2.29. The summed E-state index contributed by atoms with van der Waals surface area (Å²) in [5.41, 5.74) is 17.2. The Labute approximate surface area is 250 Å². The van der Waals surface area contributed by atoms with E-state index in [-0.39, 0.29) is 31.9 Å². The quantitative estimate of drug-likeness (QED) is 0.0573. The van der Waals surface area contributed by atoms with E-state index >= 15 is 0 Å². The van der Waals surface area contributed by atoms with Crippen molar-refractivity contribution in [2.24, 2.45) is 28.1 Å². The minimum Gasteiger partial charge on any atom is -0.480 e. The summed E-state index contributed by atoms with van der Waals surface area (Å²) in [6, 6.07) is 3.29. The number of nitrogens with two attached hydrogens (primary N) is 3. The number of rotatable bonds is 16. The van der Waals surface area contributed by atoms with Crippen molar-refractivity contribution in [3.63, 3.8) is 0 Å². The Morgan fingerprint density at radius 2 is 1.67 bits per heavy atom. The van der Waals surface area contributed by atoms with Crippen molar-refractivity contribution in [3.05, 3.63) is 35.9 Å². The minimum atomic E-state index is -1.21. The van der Waals surface area contributed by atoms with Crippen molar-refractivity contribution < 1.29 is 34.2 Å². The van der Waals surface area contributed by atoms with E-state index in [1.165, 1.54) is 4.90 Å². The van der Waals surface area contributed by atoms with Gasteiger partial charge in [0.15, 0.2) is 5.96 Å². The number of aliphatic carboxylic acids is 1. The maximum absolute atomic E-state index is 13.6. The van der Waals surface area contributed by atoms with E-state index in [0.717, 1.165) is 0 Å². The van der Waals surface area contributed by atoms with Crippen LogP contribution in [0.4, 0.5) is 0 Å². The molecule has 1 aromatic rings. The molecule has 5 atom stereocenters. The summed E-state index contributed by atoms with van der Waals surface area (Å²) < 4.78 is 0. The molecule has 1 saturated heterocycles. The van der Waals surface area contributed by atoms with E-state index in [1.807, 2.05) is 0 Å².